The first-order chi connectivity index (χ1) is 43.5. The molecular weight excluding hydrogens is 1100 g/mol. The van der Waals surface area contributed by atoms with Gasteiger partial charge in [0.15, 0.2) is 0 Å². The summed E-state index contributed by atoms with van der Waals surface area (Å²) in [5, 5.41) is 21.0. The Morgan fingerprint density at radius 3 is 0.629 bits per heavy atom. The largest absolute Gasteiger partial charge is 0.508 e. The summed E-state index contributed by atoms with van der Waals surface area (Å²) >= 11 is 0. The zero-order valence-corrected chi connectivity index (χ0v) is 50.4. The van der Waals surface area contributed by atoms with E-state index >= 15 is 0 Å². The maximum Gasteiger partial charge on any atom is 0.119 e. The van der Waals surface area contributed by atoms with Crippen molar-refractivity contribution in [2.45, 2.75) is 19.3 Å². The maximum absolute atomic E-state index is 10.5. The van der Waals surface area contributed by atoms with Gasteiger partial charge < -0.3 is 48.8 Å². The van der Waals surface area contributed by atoms with Gasteiger partial charge in [-0.3, -0.25) is 0 Å². The molecule has 89 heavy (non-hydrogen) atoms. The molecule has 1 aliphatic carbocycles. The first-order valence-electron chi connectivity index (χ1n) is 29.5. The molecule has 0 saturated carbocycles. The quantitative estimate of drug-likeness (QED) is 0.0866. The second kappa shape index (κ2) is 24.2. The number of anilines is 12. The average Bonchev–Trinajstić information content (AvgIpc) is 1.61. The number of methoxy groups -OCH3 is 4. The average molecular weight is 1170 g/mol. The van der Waals surface area contributed by atoms with Crippen molar-refractivity contribution in [3.63, 3.8) is 0 Å². The number of fused-ring (bicyclic) bond motifs is 3. The Morgan fingerprint density at radius 2 is 0.416 bits per heavy atom. The van der Waals surface area contributed by atoms with E-state index in [-0.39, 0.29) is 11.5 Å². The molecule has 0 unspecified atom stereocenters. The van der Waals surface area contributed by atoms with E-state index in [1.165, 1.54) is 22.3 Å². The lowest BCUT2D eigenvalue weighted by atomic mass is 9.82. The number of hydrogen-bond acceptors (Lipinski definition) is 10. The summed E-state index contributed by atoms with van der Waals surface area (Å²) in [5.74, 6) is 3.58. The summed E-state index contributed by atoms with van der Waals surface area (Å²) in [6.07, 6.45) is 0. The highest BCUT2D eigenvalue weighted by atomic mass is 16.5. The number of hydrogen-bond donors (Lipinski definition) is 2. The molecule has 13 rings (SSSR count). The molecule has 0 spiro atoms. The Kier molecular flexibility index (Phi) is 15.4. The van der Waals surface area contributed by atoms with Gasteiger partial charge in [-0.15, -0.1) is 0 Å². The molecule has 0 aromatic heterocycles. The molecule has 1 aliphatic rings. The third kappa shape index (κ3) is 11.3. The van der Waals surface area contributed by atoms with Gasteiger partial charge in [0.2, 0.25) is 0 Å². The van der Waals surface area contributed by atoms with Gasteiger partial charge in [0.1, 0.15) is 34.5 Å². The third-order valence-electron chi connectivity index (χ3n) is 16.9. The van der Waals surface area contributed by atoms with Gasteiger partial charge in [-0.05, 0) is 263 Å². The summed E-state index contributed by atoms with van der Waals surface area (Å²) in [4.78, 5) is 8.94. The van der Waals surface area contributed by atoms with Crippen LogP contribution in [0, 0.1) is 0 Å². The van der Waals surface area contributed by atoms with Gasteiger partial charge in [0.05, 0.1) is 28.4 Å². The van der Waals surface area contributed by atoms with Gasteiger partial charge in [-0.25, -0.2) is 0 Å². The first-order valence-corrected chi connectivity index (χ1v) is 29.5. The number of phenolic OH excluding ortho intramolecular Hbond substituents is 2. The molecule has 0 bridgehead atoms. The molecule has 0 saturated heterocycles. The zero-order chi connectivity index (χ0) is 61.2. The van der Waals surface area contributed by atoms with Crippen LogP contribution in [0.2, 0.25) is 0 Å². The van der Waals surface area contributed by atoms with Crippen molar-refractivity contribution < 1.29 is 29.2 Å². The number of rotatable bonds is 18. The molecule has 0 heterocycles. The first kappa shape index (κ1) is 56.8. The molecule has 0 aliphatic heterocycles. The molecule has 12 aromatic carbocycles. The van der Waals surface area contributed by atoms with Crippen molar-refractivity contribution in [1.29, 1.82) is 0 Å². The normalized spacial score (nSPS) is 11.9. The third-order valence-corrected chi connectivity index (χ3v) is 16.9. The fraction of sp³-hybridized carbons (Fsp3) is 0.0886. The number of aromatic hydroxyl groups is 2. The van der Waals surface area contributed by atoms with Gasteiger partial charge in [0, 0.05) is 73.7 Å². The van der Waals surface area contributed by atoms with Crippen molar-refractivity contribution in [2.75, 3.05) is 48.0 Å². The molecule has 0 fully saturated rings. The monoisotopic (exact) mass is 1170 g/mol. The maximum atomic E-state index is 10.5. The van der Waals surface area contributed by atoms with E-state index in [1.54, 1.807) is 52.7 Å². The number of nitrogens with zero attached hydrogens (tertiary/aromatic N) is 4. The fourth-order valence-corrected chi connectivity index (χ4v) is 12.1. The van der Waals surface area contributed by atoms with Crippen LogP contribution < -0.4 is 38.5 Å². The van der Waals surface area contributed by atoms with Crippen molar-refractivity contribution in [2.24, 2.45) is 0 Å². The second-order valence-corrected chi connectivity index (χ2v) is 22.4. The Bertz CT molecular complexity index is 4020. The fourth-order valence-electron chi connectivity index (χ4n) is 12.1. The van der Waals surface area contributed by atoms with E-state index in [0.717, 1.165) is 114 Å². The standard InChI is InChI=1S/C79H66N4O6/c1-79(2)77-51-67(82(61-23-37-69(84)38-24-61)59-19-11-55(12-20-59)53-7-15-57(16-8-53)80(63-27-41-71(86-3)42-28-63)64-29-43-72(87-4)44-30-64)35-49-75(77)76-50-36-68(52-78(76)79)83(62-25-39-70(85)40-26-62)60-21-13-56(14-22-60)54-9-17-58(18-10-54)81(65-31-45-73(88-5)46-32-65)66-33-47-74(89-6)48-34-66/h7-52,84-85H,1-6H3. The van der Waals surface area contributed by atoms with Gasteiger partial charge >= 0.3 is 0 Å². The summed E-state index contributed by atoms with van der Waals surface area (Å²) in [5.41, 5.74) is 20.5. The van der Waals surface area contributed by atoms with E-state index in [0.29, 0.717) is 0 Å². The van der Waals surface area contributed by atoms with Crippen molar-refractivity contribution in [1.82, 2.24) is 0 Å². The van der Waals surface area contributed by atoms with Gasteiger partial charge in [-0.1, -0.05) is 74.5 Å². The second-order valence-electron chi connectivity index (χ2n) is 22.4. The van der Waals surface area contributed by atoms with Crippen molar-refractivity contribution in [3.8, 4) is 67.9 Å². The van der Waals surface area contributed by atoms with Crippen LogP contribution in [0.1, 0.15) is 25.0 Å². The summed E-state index contributed by atoms with van der Waals surface area (Å²) in [7, 11) is 6.71. The predicted octanol–water partition coefficient (Wildman–Crippen LogP) is 20.7. The Morgan fingerprint density at radius 1 is 0.236 bits per heavy atom. The zero-order valence-electron chi connectivity index (χ0n) is 50.4. The lowest BCUT2D eigenvalue weighted by molar-refractivity contribution is 0.414. The molecule has 2 N–H and O–H groups in total. The minimum absolute atomic E-state index is 0.203. The van der Waals surface area contributed by atoms with Crippen LogP contribution in [0.25, 0.3) is 33.4 Å². The van der Waals surface area contributed by atoms with E-state index < -0.39 is 5.41 Å². The minimum Gasteiger partial charge on any atom is -0.508 e. The molecule has 0 amide bonds. The molecule has 0 atom stereocenters. The van der Waals surface area contributed by atoms with E-state index in [9.17, 15) is 10.2 Å². The molecular formula is C79H66N4O6. The number of benzene rings is 12. The van der Waals surface area contributed by atoms with Gasteiger partial charge in [0.25, 0.3) is 0 Å². The van der Waals surface area contributed by atoms with Crippen LogP contribution >= 0.6 is 0 Å². The van der Waals surface area contributed by atoms with Crippen LogP contribution in [0.15, 0.2) is 279 Å². The Hall–Kier alpha value is -11.4. The number of ether oxygens (including phenoxy) is 4. The SMILES string of the molecule is COc1ccc(N(c2ccc(OC)cc2)c2ccc(-c3ccc(N(c4ccc(O)cc4)c4ccc5c(c4)C(C)(C)c4cc(N(c6ccc(O)cc6)c6ccc(-c7ccc(N(c8ccc(OC)cc8)c8ccc(OC)cc8)cc7)cc6)ccc4-5)cc3)cc2)cc1. The van der Waals surface area contributed by atoms with Crippen molar-refractivity contribution in [3.05, 3.63) is 290 Å². The lowest BCUT2D eigenvalue weighted by Crippen LogP contribution is -2.17. The van der Waals surface area contributed by atoms with E-state index in [4.69, 9.17) is 18.9 Å². The minimum atomic E-state index is -0.392. The van der Waals surface area contributed by atoms with Crippen LogP contribution in [0.4, 0.5) is 68.2 Å². The summed E-state index contributed by atoms with van der Waals surface area (Å²) in [6.45, 7) is 4.61. The number of phenols is 2. The van der Waals surface area contributed by atoms with Crippen LogP contribution in [0.5, 0.6) is 34.5 Å². The molecule has 0 radical (unpaired) electrons. The molecule has 10 heteroatoms. The lowest BCUT2D eigenvalue weighted by Gasteiger charge is -2.29. The predicted molar refractivity (Wildman–Crippen MR) is 363 cm³/mol. The Labute approximate surface area is 520 Å². The van der Waals surface area contributed by atoms with E-state index in [2.05, 4.69) is 215 Å². The van der Waals surface area contributed by atoms with Crippen LogP contribution in [-0.4, -0.2) is 38.7 Å². The summed E-state index contributed by atoms with van der Waals surface area (Å²) < 4.78 is 21.9. The highest BCUT2D eigenvalue weighted by molar-refractivity contribution is 5.90. The van der Waals surface area contributed by atoms with Crippen LogP contribution in [-0.2, 0) is 5.41 Å². The topological polar surface area (TPSA) is 90.3 Å². The van der Waals surface area contributed by atoms with E-state index in [1.807, 2.05) is 72.8 Å². The smallest absolute Gasteiger partial charge is 0.119 e. The highest BCUT2D eigenvalue weighted by Crippen LogP contribution is 2.53. The molecule has 438 valence electrons. The van der Waals surface area contributed by atoms with Crippen molar-refractivity contribution >= 4 is 68.2 Å². The van der Waals surface area contributed by atoms with Crippen LogP contribution in [0.3, 0.4) is 0 Å². The molecule has 10 nitrogen and oxygen atoms in total. The molecule has 12 aromatic rings. The highest BCUT2D eigenvalue weighted by Gasteiger charge is 2.37. The van der Waals surface area contributed by atoms with Gasteiger partial charge in [-0.2, -0.15) is 0 Å². The Balaban J connectivity index is 0.785. The summed E-state index contributed by atoms with van der Waals surface area (Å²) in [6, 6.07) is 95.3.